The summed E-state index contributed by atoms with van der Waals surface area (Å²) in [6.07, 6.45) is 1.33. The van der Waals surface area contributed by atoms with E-state index in [1.807, 2.05) is 6.07 Å². The summed E-state index contributed by atoms with van der Waals surface area (Å²) in [4.78, 5) is 3.79. The summed E-state index contributed by atoms with van der Waals surface area (Å²) in [7, 11) is -2.39. The van der Waals surface area contributed by atoms with E-state index in [2.05, 4.69) is 4.98 Å². The lowest BCUT2D eigenvalue weighted by atomic mass is 10.2. The Morgan fingerprint density at radius 3 is 2.65 bits per heavy atom. The summed E-state index contributed by atoms with van der Waals surface area (Å²) in [5.41, 5.74) is 6.09. The van der Waals surface area contributed by atoms with E-state index in [-0.39, 0.29) is 16.3 Å². The topological polar surface area (TPSA) is 100 Å². The minimum atomic E-state index is -3.78. The molecule has 1 heterocycles. The van der Waals surface area contributed by atoms with E-state index >= 15 is 0 Å². The van der Waals surface area contributed by atoms with Crippen LogP contribution in [0.3, 0.4) is 0 Å². The lowest BCUT2D eigenvalue weighted by Gasteiger charge is -2.20. The van der Waals surface area contributed by atoms with Gasteiger partial charge in [-0.05, 0) is 18.2 Å². The summed E-state index contributed by atoms with van der Waals surface area (Å²) in [5.74, 6) is 0.119. The summed E-state index contributed by atoms with van der Waals surface area (Å²) >= 11 is 0. The van der Waals surface area contributed by atoms with Crippen molar-refractivity contribution >= 4 is 21.5 Å². The number of para-hydroxylation sites is 1. The van der Waals surface area contributed by atoms with Crippen LogP contribution in [0.2, 0.25) is 0 Å². The van der Waals surface area contributed by atoms with Crippen LogP contribution in [-0.2, 0) is 10.0 Å². The third-order valence-electron chi connectivity index (χ3n) is 2.77. The van der Waals surface area contributed by atoms with Crippen molar-refractivity contribution in [2.75, 3.05) is 17.1 Å². The molecule has 0 amide bonds. The van der Waals surface area contributed by atoms with Gasteiger partial charge in [0, 0.05) is 19.3 Å². The highest BCUT2D eigenvalue weighted by molar-refractivity contribution is 7.92. The molecule has 1 aromatic carbocycles. The van der Waals surface area contributed by atoms with E-state index in [9.17, 15) is 8.42 Å². The van der Waals surface area contributed by atoms with Crippen molar-refractivity contribution < 1.29 is 8.42 Å². The van der Waals surface area contributed by atoms with Crippen LogP contribution in [0.5, 0.6) is 0 Å². The first kappa shape index (κ1) is 13.8. The number of nitrogen functional groups attached to an aromatic ring is 1. The van der Waals surface area contributed by atoms with Crippen molar-refractivity contribution in [2.24, 2.45) is 0 Å². The van der Waals surface area contributed by atoms with E-state index in [4.69, 9.17) is 11.0 Å². The summed E-state index contributed by atoms with van der Waals surface area (Å²) in [6, 6.07) is 11.1. The van der Waals surface area contributed by atoms with E-state index < -0.39 is 10.0 Å². The number of nitriles is 1. The van der Waals surface area contributed by atoms with Gasteiger partial charge in [-0.25, -0.2) is 13.4 Å². The highest BCUT2D eigenvalue weighted by Crippen LogP contribution is 2.25. The number of anilines is 2. The number of hydrogen-bond donors (Lipinski definition) is 1. The molecule has 102 valence electrons. The lowest BCUT2D eigenvalue weighted by Crippen LogP contribution is -2.27. The normalized spacial score (nSPS) is 10.8. The summed E-state index contributed by atoms with van der Waals surface area (Å²) in [6.45, 7) is 0. The number of benzene rings is 1. The van der Waals surface area contributed by atoms with E-state index in [0.29, 0.717) is 5.69 Å². The number of sulfonamides is 1. The molecule has 6 nitrogen and oxygen atoms in total. The fraction of sp³-hybridized carbons (Fsp3) is 0.0769. The molecule has 0 fully saturated rings. The molecule has 2 rings (SSSR count). The molecule has 7 heteroatoms. The van der Waals surface area contributed by atoms with Gasteiger partial charge in [-0.15, -0.1) is 0 Å². The molecule has 0 unspecified atom stereocenters. The second-order valence-corrected chi connectivity index (χ2v) is 5.99. The van der Waals surface area contributed by atoms with Crippen LogP contribution < -0.4 is 10.0 Å². The zero-order valence-corrected chi connectivity index (χ0v) is 11.5. The largest absolute Gasteiger partial charge is 0.384 e. The molecule has 0 saturated heterocycles. The summed E-state index contributed by atoms with van der Waals surface area (Å²) < 4.78 is 26.0. The van der Waals surface area contributed by atoms with Crippen LogP contribution in [0.25, 0.3) is 0 Å². The maximum absolute atomic E-state index is 12.5. The standard InChI is InChI=1S/C13H12N4O2S/c1-17(12-5-3-2-4-10(12)9-14)20(18,19)11-6-7-16-13(15)8-11/h2-8H,1H3,(H2,15,16). The maximum atomic E-state index is 12.5. The van der Waals surface area contributed by atoms with E-state index in [0.717, 1.165) is 4.31 Å². The average Bonchev–Trinajstić information content (AvgIpc) is 2.46. The Morgan fingerprint density at radius 2 is 2.00 bits per heavy atom. The molecule has 0 saturated carbocycles. The molecule has 0 aliphatic rings. The van der Waals surface area contributed by atoms with Crippen LogP contribution in [0.4, 0.5) is 11.5 Å². The van der Waals surface area contributed by atoms with Gasteiger partial charge < -0.3 is 5.73 Å². The van der Waals surface area contributed by atoms with Gasteiger partial charge in [-0.3, -0.25) is 4.31 Å². The second kappa shape index (κ2) is 5.19. The first-order valence-electron chi connectivity index (χ1n) is 5.66. The van der Waals surface area contributed by atoms with Crippen molar-refractivity contribution in [3.05, 3.63) is 48.2 Å². The summed E-state index contributed by atoms with van der Waals surface area (Å²) in [5, 5.41) is 9.05. The Hall–Kier alpha value is -2.59. The molecular weight excluding hydrogens is 276 g/mol. The predicted molar refractivity (Wildman–Crippen MR) is 75.4 cm³/mol. The molecule has 2 N–H and O–H groups in total. The SMILES string of the molecule is CN(c1ccccc1C#N)S(=O)(=O)c1ccnc(N)c1. The van der Waals surface area contributed by atoms with Gasteiger partial charge in [0.1, 0.15) is 11.9 Å². The Balaban J connectivity index is 2.52. The van der Waals surface area contributed by atoms with E-state index in [1.54, 1.807) is 24.3 Å². The molecule has 0 aliphatic carbocycles. The number of nitrogens with zero attached hydrogens (tertiary/aromatic N) is 3. The van der Waals surface area contributed by atoms with Gasteiger partial charge in [-0.1, -0.05) is 12.1 Å². The molecule has 0 radical (unpaired) electrons. The minimum Gasteiger partial charge on any atom is -0.384 e. The Kier molecular flexibility index (Phi) is 3.59. The van der Waals surface area contributed by atoms with Crippen molar-refractivity contribution in [3.8, 4) is 6.07 Å². The van der Waals surface area contributed by atoms with Gasteiger partial charge in [0.05, 0.1) is 16.1 Å². The van der Waals surface area contributed by atoms with Gasteiger partial charge in [0.15, 0.2) is 0 Å². The number of rotatable bonds is 3. The number of hydrogen-bond acceptors (Lipinski definition) is 5. The van der Waals surface area contributed by atoms with Crippen molar-refractivity contribution in [1.29, 1.82) is 5.26 Å². The first-order chi connectivity index (χ1) is 9.46. The Morgan fingerprint density at radius 1 is 1.30 bits per heavy atom. The molecule has 2 aromatic rings. The first-order valence-corrected chi connectivity index (χ1v) is 7.10. The number of aromatic nitrogens is 1. The van der Waals surface area contributed by atoms with Gasteiger partial charge in [-0.2, -0.15) is 5.26 Å². The smallest absolute Gasteiger partial charge is 0.264 e. The zero-order valence-electron chi connectivity index (χ0n) is 10.7. The molecular formula is C13H12N4O2S. The molecule has 0 aliphatic heterocycles. The monoisotopic (exact) mass is 288 g/mol. The fourth-order valence-electron chi connectivity index (χ4n) is 1.72. The maximum Gasteiger partial charge on any atom is 0.264 e. The highest BCUT2D eigenvalue weighted by Gasteiger charge is 2.23. The van der Waals surface area contributed by atoms with Crippen molar-refractivity contribution in [1.82, 2.24) is 4.98 Å². The van der Waals surface area contributed by atoms with Gasteiger partial charge >= 0.3 is 0 Å². The number of nitrogens with two attached hydrogens (primary N) is 1. The van der Waals surface area contributed by atoms with Crippen LogP contribution >= 0.6 is 0 Å². The quantitative estimate of drug-likeness (QED) is 0.919. The van der Waals surface area contributed by atoms with Crippen LogP contribution in [0, 0.1) is 11.3 Å². The molecule has 0 bridgehead atoms. The van der Waals surface area contributed by atoms with Crippen LogP contribution in [0.1, 0.15) is 5.56 Å². The van der Waals surface area contributed by atoms with Crippen molar-refractivity contribution in [3.63, 3.8) is 0 Å². The second-order valence-electron chi connectivity index (χ2n) is 4.02. The average molecular weight is 288 g/mol. The van der Waals surface area contributed by atoms with Crippen LogP contribution in [-0.4, -0.2) is 20.4 Å². The van der Waals surface area contributed by atoms with Gasteiger partial charge in [0.2, 0.25) is 0 Å². The molecule has 1 aromatic heterocycles. The van der Waals surface area contributed by atoms with E-state index in [1.165, 1.54) is 25.4 Å². The highest BCUT2D eigenvalue weighted by atomic mass is 32.2. The third kappa shape index (κ3) is 2.41. The number of pyridine rings is 1. The lowest BCUT2D eigenvalue weighted by molar-refractivity contribution is 0.594. The fourth-order valence-corrected chi connectivity index (χ4v) is 2.96. The molecule has 0 spiro atoms. The zero-order chi connectivity index (χ0) is 14.8. The Labute approximate surface area is 117 Å². The molecule has 20 heavy (non-hydrogen) atoms. The molecule has 0 atom stereocenters. The van der Waals surface area contributed by atoms with Gasteiger partial charge in [0.25, 0.3) is 10.0 Å². The predicted octanol–water partition coefficient (Wildman–Crippen LogP) is 1.36. The minimum absolute atomic E-state index is 0.0280. The van der Waals surface area contributed by atoms with Crippen LogP contribution in [0.15, 0.2) is 47.5 Å². The van der Waals surface area contributed by atoms with Crippen molar-refractivity contribution in [2.45, 2.75) is 4.90 Å². The third-order valence-corrected chi connectivity index (χ3v) is 4.54. The Bertz CT molecular complexity index is 781.